The van der Waals surface area contributed by atoms with Crippen LogP contribution >= 0.6 is 0 Å². The van der Waals surface area contributed by atoms with Gasteiger partial charge in [0.15, 0.2) is 0 Å². The summed E-state index contributed by atoms with van der Waals surface area (Å²) in [6.07, 6.45) is -4.60. The Morgan fingerprint density at radius 2 is 2.00 bits per heavy atom. The van der Waals surface area contributed by atoms with Crippen molar-refractivity contribution in [2.45, 2.75) is 51.0 Å². The van der Waals surface area contributed by atoms with Crippen LogP contribution in [0, 0.1) is 17.6 Å². The summed E-state index contributed by atoms with van der Waals surface area (Å²) >= 11 is 0. The van der Waals surface area contributed by atoms with Crippen LogP contribution in [0.4, 0.5) is 22.0 Å². The summed E-state index contributed by atoms with van der Waals surface area (Å²) < 4.78 is 67.3. The number of carbonyl (C=O) groups is 2. The molecule has 1 saturated heterocycles. The van der Waals surface area contributed by atoms with E-state index in [0.29, 0.717) is 12.5 Å². The van der Waals surface area contributed by atoms with Gasteiger partial charge >= 0.3 is 6.18 Å². The van der Waals surface area contributed by atoms with Crippen molar-refractivity contribution in [3.63, 3.8) is 0 Å². The molecule has 0 bridgehead atoms. The van der Waals surface area contributed by atoms with E-state index in [0.717, 1.165) is 6.07 Å². The van der Waals surface area contributed by atoms with Crippen LogP contribution in [0.5, 0.6) is 0 Å². The number of rotatable bonds is 4. The van der Waals surface area contributed by atoms with Crippen molar-refractivity contribution in [1.82, 2.24) is 16.0 Å². The Morgan fingerprint density at radius 3 is 2.63 bits per heavy atom. The highest BCUT2D eigenvalue weighted by molar-refractivity contribution is 6.00. The lowest BCUT2D eigenvalue weighted by molar-refractivity contribution is -0.172. The van der Waals surface area contributed by atoms with E-state index in [1.807, 2.05) is 0 Å². The summed E-state index contributed by atoms with van der Waals surface area (Å²) in [6.45, 7) is 3.04. The normalized spacial score (nSPS) is 25.4. The van der Waals surface area contributed by atoms with Crippen LogP contribution in [-0.2, 0) is 9.59 Å². The Labute approximate surface area is 170 Å². The summed E-state index contributed by atoms with van der Waals surface area (Å²) in [4.78, 5) is 24.9. The topological polar surface area (TPSA) is 70.2 Å². The van der Waals surface area contributed by atoms with E-state index >= 15 is 0 Å². The molecular formula is C20H22F5N3O2. The summed E-state index contributed by atoms with van der Waals surface area (Å²) in [6, 6.07) is -0.369. The number of amides is 2. The summed E-state index contributed by atoms with van der Waals surface area (Å²) in [5, 5.41) is 7.55. The van der Waals surface area contributed by atoms with Gasteiger partial charge in [-0.1, -0.05) is 11.6 Å². The predicted octanol–water partition coefficient (Wildman–Crippen LogP) is 2.89. The fraction of sp³-hybridized carbons (Fsp3) is 0.500. The second-order valence-corrected chi connectivity index (χ2v) is 7.66. The highest BCUT2D eigenvalue weighted by Gasteiger charge is 2.52. The number of carbonyl (C=O) groups excluding carboxylic acids is 2. The lowest BCUT2D eigenvalue weighted by Gasteiger charge is -2.44. The van der Waals surface area contributed by atoms with Crippen molar-refractivity contribution < 1.29 is 31.5 Å². The molecular weight excluding hydrogens is 409 g/mol. The van der Waals surface area contributed by atoms with Gasteiger partial charge in [0.1, 0.15) is 17.7 Å². The molecule has 3 rings (SSSR count). The Kier molecular flexibility index (Phi) is 6.16. The van der Waals surface area contributed by atoms with Crippen LogP contribution in [0.15, 0.2) is 29.3 Å². The number of hydrogen-bond acceptors (Lipinski definition) is 3. The first kappa shape index (κ1) is 22.2. The smallest absolute Gasteiger partial charge is 0.349 e. The molecule has 1 aromatic carbocycles. The molecule has 3 unspecified atom stereocenters. The van der Waals surface area contributed by atoms with Crippen LogP contribution in [0.25, 0.3) is 0 Å². The van der Waals surface area contributed by atoms with Crippen LogP contribution in [0.3, 0.4) is 0 Å². The van der Waals surface area contributed by atoms with Crippen molar-refractivity contribution in [2.24, 2.45) is 5.92 Å². The third kappa shape index (κ3) is 4.48. The Bertz CT molecular complexity index is 884. The Morgan fingerprint density at radius 1 is 1.30 bits per heavy atom. The van der Waals surface area contributed by atoms with Crippen LogP contribution < -0.4 is 16.0 Å². The van der Waals surface area contributed by atoms with Crippen LogP contribution in [-0.4, -0.2) is 36.6 Å². The molecule has 4 atom stereocenters. The third-order valence-electron chi connectivity index (χ3n) is 5.68. The van der Waals surface area contributed by atoms with Crippen molar-refractivity contribution in [2.75, 3.05) is 6.54 Å². The highest BCUT2D eigenvalue weighted by Crippen LogP contribution is 2.38. The van der Waals surface area contributed by atoms with Gasteiger partial charge in [0, 0.05) is 29.2 Å². The van der Waals surface area contributed by atoms with Crippen molar-refractivity contribution >= 4 is 11.8 Å². The average Bonchev–Trinajstić information content (AvgIpc) is 2.63. The molecule has 1 fully saturated rings. The van der Waals surface area contributed by atoms with Crippen molar-refractivity contribution in [1.29, 1.82) is 0 Å². The minimum atomic E-state index is -4.51. The van der Waals surface area contributed by atoms with E-state index in [4.69, 9.17) is 0 Å². The number of halogens is 5. The Balaban J connectivity index is 1.78. The van der Waals surface area contributed by atoms with Gasteiger partial charge < -0.3 is 16.0 Å². The highest BCUT2D eigenvalue weighted by atomic mass is 19.4. The standard InChI is InChI=1S/C20H22F5N3O2/c1-9-13(8-16(29)27-10(2)12-4-3-11(21)7-14(12)22)19(30)28-15-5-6-26-18(17(9)15)20(23,24)25/h3-4,7,10,15,17-18,26H,5-6,8H2,1-2H3,(H,27,29)(H,28,30)/t10-,15?,17?,18?/m0/s1. The monoisotopic (exact) mass is 431 g/mol. The maximum atomic E-state index is 13.9. The zero-order chi connectivity index (χ0) is 22.2. The predicted molar refractivity (Wildman–Crippen MR) is 98.1 cm³/mol. The zero-order valence-corrected chi connectivity index (χ0v) is 16.4. The lowest BCUT2D eigenvalue weighted by Crippen LogP contribution is -2.62. The van der Waals surface area contributed by atoms with Crippen molar-refractivity contribution in [3.05, 3.63) is 46.5 Å². The maximum absolute atomic E-state index is 13.9. The number of benzene rings is 1. The molecule has 2 heterocycles. The molecule has 0 spiro atoms. The summed E-state index contributed by atoms with van der Waals surface area (Å²) in [7, 11) is 0. The van der Waals surface area contributed by atoms with E-state index in [1.165, 1.54) is 19.9 Å². The third-order valence-corrected chi connectivity index (χ3v) is 5.68. The van der Waals surface area contributed by atoms with E-state index in [9.17, 15) is 31.5 Å². The zero-order valence-electron chi connectivity index (χ0n) is 16.4. The minimum Gasteiger partial charge on any atom is -0.349 e. The fourth-order valence-electron chi connectivity index (χ4n) is 4.21. The van der Waals surface area contributed by atoms with Gasteiger partial charge in [-0.3, -0.25) is 9.59 Å². The van der Waals surface area contributed by atoms with Gasteiger partial charge in [-0.15, -0.1) is 0 Å². The van der Waals surface area contributed by atoms with Gasteiger partial charge in [0.05, 0.1) is 12.5 Å². The van der Waals surface area contributed by atoms with Crippen molar-refractivity contribution in [3.8, 4) is 0 Å². The molecule has 10 heteroatoms. The van der Waals surface area contributed by atoms with Crippen LogP contribution in [0.1, 0.15) is 38.3 Å². The van der Waals surface area contributed by atoms with Gasteiger partial charge in [-0.05, 0) is 32.9 Å². The Hall–Kier alpha value is -2.49. The van der Waals surface area contributed by atoms with Gasteiger partial charge in [0.2, 0.25) is 11.8 Å². The second kappa shape index (κ2) is 8.33. The maximum Gasteiger partial charge on any atom is 0.404 e. The molecule has 2 amide bonds. The summed E-state index contributed by atoms with van der Waals surface area (Å²) in [5.41, 5.74) is 0.241. The quantitative estimate of drug-likeness (QED) is 0.643. The molecule has 0 saturated carbocycles. The molecule has 5 nitrogen and oxygen atoms in total. The molecule has 0 aromatic heterocycles. The molecule has 2 aliphatic rings. The van der Waals surface area contributed by atoms with Gasteiger partial charge in [-0.25, -0.2) is 8.78 Å². The second-order valence-electron chi connectivity index (χ2n) is 7.66. The first-order valence-corrected chi connectivity index (χ1v) is 9.54. The number of nitrogens with one attached hydrogen (secondary N) is 3. The molecule has 0 radical (unpaired) electrons. The average molecular weight is 431 g/mol. The molecule has 3 N–H and O–H groups in total. The molecule has 2 aliphatic heterocycles. The molecule has 1 aromatic rings. The first-order valence-electron chi connectivity index (χ1n) is 9.54. The van der Waals surface area contributed by atoms with Gasteiger partial charge in [0.25, 0.3) is 0 Å². The SMILES string of the molecule is CC1=C(CC(=O)N[C@@H](C)c2ccc(F)cc2F)C(=O)NC2CCNC(C(F)(F)F)C12. The number of fused-ring (bicyclic) bond motifs is 1. The van der Waals surface area contributed by atoms with E-state index < -0.39 is 60.1 Å². The largest absolute Gasteiger partial charge is 0.404 e. The first-order chi connectivity index (χ1) is 14.0. The lowest BCUT2D eigenvalue weighted by atomic mass is 9.75. The fourth-order valence-corrected chi connectivity index (χ4v) is 4.21. The van der Waals surface area contributed by atoms with E-state index in [2.05, 4.69) is 16.0 Å². The van der Waals surface area contributed by atoms with E-state index in [-0.39, 0.29) is 23.3 Å². The molecule has 164 valence electrons. The molecule has 0 aliphatic carbocycles. The summed E-state index contributed by atoms with van der Waals surface area (Å²) in [5.74, 6) is -3.83. The number of alkyl halides is 3. The minimum absolute atomic E-state index is 0.0292. The molecule has 30 heavy (non-hydrogen) atoms. The van der Waals surface area contributed by atoms with E-state index in [1.54, 1.807) is 0 Å². The number of piperidine rings is 1. The van der Waals surface area contributed by atoms with Crippen LogP contribution in [0.2, 0.25) is 0 Å². The van der Waals surface area contributed by atoms with Gasteiger partial charge in [-0.2, -0.15) is 13.2 Å². The number of hydrogen-bond donors (Lipinski definition) is 3.